The minimum absolute atomic E-state index is 0.223. The second-order valence-electron chi connectivity index (χ2n) is 7.14. The first-order valence-corrected chi connectivity index (χ1v) is 9.90. The van der Waals surface area contributed by atoms with Crippen LogP contribution in [-0.2, 0) is 11.3 Å². The van der Waals surface area contributed by atoms with Gasteiger partial charge < -0.3 is 20.9 Å². The molecule has 0 fully saturated rings. The van der Waals surface area contributed by atoms with Gasteiger partial charge in [0.2, 0.25) is 5.91 Å². The predicted octanol–water partition coefficient (Wildman–Crippen LogP) is 2.64. The van der Waals surface area contributed by atoms with E-state index in [1.54, 1.807) is 42.5 Å². The second kappa shape index (κ2) is 9.13. The van der Waals surface area contributed by atoms with Gasteiger partial charge in [-0.25, -0.2) is 0 Å². The van der Waals surface area contributed by atoms with Crippen LogP contribution < -0.4 is 16.4 Å². The molecule has 4 rings (SSSR count). The normalized spacial score (nSPS) is 10.6. The van der Waals surface area contributed by atoms with Crippen LogP contribution in [-0.4, -0.2) is 29.4 Å². The van der Waals surface area contributed by atoms with Gasteiger partial charge in [0.15, 0.2) is 5.76 Å². The molecule has 0 aliphatic heterocycles. The first-order chi connectivity index (χ1) is 15.5. The number of rotatable bonds is 7. The first kappa shape index (κ1) is 20.8. The fraction of sp³-hybridized carbons (Fsp3) is 0.0833. The van der Waals surface area contributed by atoms with Gasteiger partial charge in [0.1, 0.15) is 5.52 Å². The maximum Gasteiger partial charge on any atom is 0.251 e. The van der Waals surface area contributed by atoms with Crippen molar-refractivity contribution in [3.8, 4) is 11.3 Å². The van der Waals surface area contributed by atoms with Crippen molar-refractivity contribution < 1.29 is 18.9 Å². The first-order valence-electron chi connectivity index (χ1n) is 9.90. The lowest BCUT2D eigenvalue weighted by Crippen LogP contribution is -2.33. The van der Waals surface area contributed by atoms with E-state index in [4.69, 9.17) is 10.3 Å². The third kappa shape index (κ3) is 4.65. The Morgan fingerprint density at radius 2 is 1.53 bits per heavy atom. The molecule has 0 bridgehead atoms. The van der Waals surface area contributed by atoms with Gasteiger partial charge >= 0.3 is 0 Å². The quantitative estimate of drug-likeness (QED) is 0.417. The molecule has 8 heteroatoms. The molecule has 0 spiro atoms. The van der Waals surface area contributed by atoms with Gasteiger partial charge in [-0.15, -0.1) is 0 Å². The van der Waals surface area contributed by atoms with Crippen LogP contribution in [0.2, 0.25) is 0 Å². The molecule has 4 N–H and O–H groups in total. The second-order valence-corrected chi connectivity index (χ2v) is 7.14. The van der Waals surface area contributed by atoms with Crippen LogP contribution in [0.5, 0.6) is 0 Å². The Bertz CT molecular complexity index is 1280. The van der Waals surface area contributed by atoms with Crippen LogP contribution in [0.3, 0.4) is 0 Å². The summed E-state index contributed by atoms with van der Waals surface area (Å²) < 4.78 is 5.49. The van der Waals surface area contributed by atoms with E-state index in [2.05, 4.69) is 15.8 Å². The van der Waals surface area contributed by atoms with E-state index < -0.39 is 11.8 Å². The SMILES string of the molecule is NC(=O)CNC(=O)c1ccc(CNC(=O)c2ccc3noc(-c4ccccc4)c3c2)cc1. The lowest BCUT2D eigenvalue weighted by molar-refractivity contribution is -0.117. The molecular formula is C24H20N4O4. The molecule has 0 aliphatic rings. The smallest absolute Gasteiger partial charge is 0.251 e. The Balaban J connectivity index is 1.43. The number of hydrogen-bond donors (Lipinski definition) is 3. The molecule has 32 heavy (non-hydrogen) atoms. The summed E-state index contributed by atoms with van der Waals surface area (Å²) in [6.45, 7) is 0.0639. The summed E-state index contributed by atoms with van der Waals surface area (Å²) in [7, 11) is 0. The van der Waals surface area contributed by atoms with Crippen molar-refractivity contribution in [1.29, 1.82) is 0 Å². The highest BCUT2D eigenvalue weighted by atomic mass is 16.5. The molecule has 0 atom stereocenters. The zero-order chi connectivity index (χ0) is 22.5. The van der Waals surface area contributed by atoms with Gasteiger partial charge in [0.05, 0.1) is 11.9 Å². The van der Waals surface area contributed by atoms with E-state index in [9.17, 15) is 14.4 Å². The topological polar surface area (TPSA) is 127 Å². The van der Waals surface area contributed by atoms with Crippen molar-refractivity contribution in [2.24, 2.45) is 5.73 Å². The monoisotopic (exact) mass is 428 g/mol. The Morgan fingerprint density at radius 3 is 2.25 bits per heavy atom. The molecule has 0 saturated carbocycles. The standard InChI is InChI=1S/C24H20N4O4/c25-21(29)14-27-23(30)17-8-6-15(7-9-17)13-26-24(31)18-10-11-20-19(12-18)22(32-28-20)16-4-2-1-3-5-16/h1-12H,13-14H2,(H2,25,29)(H,26,31)(H,27,30). The van der Waals surface area contributed by atoms with Crippen LogP contribution in [0.4, 0.5) is 0 Å². The van der Waals surface area contributed by atoms with Gasteiger partial charge in [-0.05, 0) is 35.9 Å². The summed E-state index contributed by atoms with van der Waals surface area (Å²) in [6.07, 6.45) is 0. The van der Waals surface area contributed by atoms with Crippen LogP contribution in [0.1, 0.15) is 26.3 Å². The molecule has 8 nitrogen and oxygen atoms in total. The number of nitrogens with zero attached hydrogens (tertiary/aromatic N) is 1. The molecule has 160 valence electrons. The van der Waals surface area contributed by atoms with E-state index >= 15 is 0 Å². The third-order valence-corrected chi connectivity index (χ3v) is 4.87. The number of nitrogens with one attached hydrogen (secondary N) is 2. The van der Waals surface area contributed by atoms with Crippen molar-refractivity contribution in [3.63, 3.8) is 0 Å². The van der Waals surface area contributed by atoms with E-state index in [1.165, 1.54) is 0 Å². The van der Waals surface area contributed by atoms with Crippen LogP contribution >= 0.6 is 0 Å². The summed E-state index contributed by atoms with van der Waals surface area (Å²) in [6, 6.07) is 21.5. The van der Waals surface area contributed by atoms with Gasteiger partial charge in [-0.3, -0.25) is 14.4 Å². The summed E-state index contributed by atoms with van der Waals surface area (Å²) in [4.78, 5) is 35.4. The van der Waals surface area contributed by atoms with Gasteiger partial charge in [-0.1, -0.05) is 47.6 Å². The lowest BCUT2D eigenvalue weighted by Gasteiger charge is -2.07. The number of primary amides is 1. The minimum atomic E-state index is -0.613. The number of aromatic nitrogens is 1. The lowest BCUT2D eigenvalue weighted by atomic mass is 10.1. The average molecular weight is 428 g/mol. The molecule has 0 aliphatic carbocycles. The van der Waals surface area contributed by atoms with Crippen molar-refractivity contribution in [1.82, 2.24) is 15.8 Å². The number of fused-ring (bicyclic) bond motifs is 1. The van der Waals surface area contributed by atoms with E-state index in [0.29, 0.717) is 22.4 Å². The highest BCUT2D eigenvalue weighted by molar-refractivity contribution is 6.01. The number of carbonyl (C=O) groups excluding carboxylic acids is 3. The van der Waals surface area contributed by atoms with Crippen molar-refractivity contribution in [2.75, 3.05) is 6.54 Å². The van der Waals surface area contributed by atoms with Crippen molar-refractivity contribution in [3.05, 3.63) is 89.5 Å². The number of nitrogens with two attached hydrogens (primary N) is 1. The van der Waals surface area contributed by atoms with E-state index in [0.717, 1.165) is 16.5 Å². The third-order valence-electron chi connectivity index (χ3n) is 4.87. The number of hydrogen-bond acceptors (Lipinski definition) is 5. The van der Waals surface area contributed by atoms with Gasteiger partial charge in [-0.2, -0.15) is 0 Å². The molecular weight excluding hydrogens is 408 g/mol. The molecule has 4 aromatic rings. The van der Waals surface area contributed by atoms with Gasteiger partial charge in [0, 0.05) is 23.2 Å². The number of benzene rings is 3. The Labute approximate surface area is 183 Å². The summed E-state index contributed by atoms with van der Waals surface area (Å²) in [5, 5.41) is 10.1. The number of carbonyl (C=O) groups is 3. The highest BCUT2D eigenvalue weighted by Gasteiger charge is 2.14. The maximum absolute atomic E-state index is 12.7. The van der Waals surface area contributed by atoms with Crippen LogP contribution in [0.15, 0.2) is 77.3 Å². The average Bonchev–Trinajstić information content (AvgIpc) is 3.25. The zero-order valence-electron chi connectivity index (χ0n) is 17.0. The fourth-order valence-electron chi connectivity index (χ4n) is 3.21. The zero-order valence-corrected chi connectivity index (χ0v) is 17.0. The molecule has 0 unspecified atom stereocenters. The molecule has 3 amide bonds. The maximum atomic E-state index is 12.7. The summed E-state index contributed by atoms with van der Waals surface area (Å²) in [5.74, 6) is -0.635. The predicted molar refractivity (Wildman–Crippen MR) is 119 cm³/mol. The Kier molecular flexibility index (Phi) is 5.94. The molecule has 0 saturated heterocycles. The summed E-state index contributed by atoms with van der Waals surface area (Å²) >= 11 is 0. The minimum Gasteiger partial charge on any atom is -0.368 e. The van der Waals surface area contributed by atoms with E-state index in [-0.39, 0.29) is 19.0 Å². The Morgan fingerprint density at radius 1 is 0.844 bits per heavy atom. The number of amides is 3. The van der Waals surface area contributed by atoms with Crippen LogP contribution in [0.25, 0.3) is 22.2 Å². The van der Waals surface area contributed by atoms with Crippen molar-refractivity contribution in [2.45, 2.75) is 6.54 Å². The largest absolute Gasteiger partial charge is 0.368 e. The van der Waals surface area contributed by atoms with Crippen molar-refractivity contribution >= 4 is 28.6 Å². The molecule has 3 aromatic carbocycles. The molecule has 1 aromatic heterocycles. The molecule has 1 heterocycles. The highest BCUT2D eigenvalue weighted by Crippen LogP contribution is 2.29. The van der Waals surface area contributed by atoms with Gasteiger partial charge in [0.25, 0.3) is 11.8 Å². The summed E-state index contributed by atoms with van der Waals surface area (Å²) in [5.41, 5.74) is 8.27. The van der Waals surface area contributed by atoms with Crippen LogP contribution in [0, 0.1) is 0 Å². The Hall–Kier alpha value is -4.46. The molecule has 0 radical (unpaired) electrons. The van der Waals surface area contributed by atoms with E-state index in [1.807, 2.05) is 30.3 Å². The fourth-order valence-corrected chi connectivity index (χ4v) is 3.21.